The number of carbonyl (C=O) groups is 1. The highest BCUT2D eigenvalue weighted by atomic mass is 16.5. The van der Waals surface area contributed by atoms with Crippen LogP contribution in [0, 0.1) is 5.41 Å². The molecule has 1 aromatic rings. The van der Waals surface area contributed by atoms with Crippen molar-refractivity contribution in [2.45, 2.75) is 53.0 Å². The average molecular weight is 306 g/mol. The maximum absolute atomic E-state index is 12.0. The van der Waals surface area contributed by atoms with Gasteiger partial charge in [-0.1, -0.05) is 32.9 Å². The van der Waals surface area contributed by atoms with Gasteiger partial charge in [-0.25, -0.2) is 4.79 Å². The summed E-state index contributed by atoms with van der Waals surface area (Å²) in [6, 6.07) is 7.79. The zero-order valence-electron chi connectivity index (χ0n) is 14.7. The fourth-order valence-corrected chi connectivity index (χ4v) is 2.83. The van der Waals surface area contributed by atoms with Gasteiger partial charge in [0.15, 0.2) is 0 Å². The standard InChI is InChI=1S/C18H30N2O2/c1-17(2,3)13-18(4,5)20-16(21)19-12-11-14-7-9-15(22-6)10-8-14/h7-10H,11-13H2,1-6H3,(H2,19,20,21). The Kier molecular flexibility index (Phi) is 6.27. The van der Waals surface area contributed by atoms with E-state index < -0.39 is 0 Å². The molecular weight excluding hydrogens is 276 g/mol. The lowest BCUT2D eigenvalue weighted by molar-refractivity contribution is 0.210. The molecule has 0 radical (unpaired) electrons. The van der Waals surface area contributed by atoms with Crippen LogP contribution < -0.4 is 15.4 Å². The van der Waals surface area contributed by atoms with E-state index in [1.165, 1.54) is 5.56 Å². The van der Waals surface area contributed by atoms with E-state index in [-0.39, 0.29) is 17.0 Å². The lowest BCUT2D eigenvalue weighted by Gasteiger charge is -2.33. The van der Waals surface area contributed by atoms with Crippen molar-refractivity contribution in [2.24, 2.45) is 5.41 Å². The molecule has 124 valence electrons. The molecule has 0 saturated heterocycles. The third kappa shape index (κ3) is 7.34. The van der Waals surface area contributed by atoms with Crippen molar-refractivity contribution in [1.29, 1.82) is 0 Å². The van der Waals surface area contributed by atoms with Gasteiger partial charge in [0.1, 0.15) is 5.75 Å². The van der Waals surface area contributed by atoms with E-state index in [4.69, 9.17) is 4.74 Å². The number of amides is 2. The second-order valence-electron chi connectivity index (χ2n) is 7.60. The van der Waals surface area contributed by atoms with Crippen LogP contribution in [0.5, 0.6) is 5.75 Å². The number of hydrogen-bond donors (Lipinski definition) is 2. The number of hydrogen-bond acceptors (Lipinski definition) is 2. The molecular formula is C18H30N2O2. The first-order chi connectivity index (χ1) is 10.1. The van der Waals surface area contributed by atoms with Gasteiger partial charge in [0.25, 0.3) is 0 Å². The Bertz CT molecular complexity index is 473. The first kappa shape index (κ1) is 18.3. The van der Waals surface area contributed by atoms with Crippen molar-refractivity contribution in [3.05, 3.63) is 29.8 Å². The van der Waals surface area contributed by atoms with Crippen LogP contribution in [0.1, 0.15) is 46.6 Å². The molecule has 0 heterocycles. The van der Waals surface area contributed by atoms with E-state index in [9.17, 15) is 4.79 Å². The van der Waals surface area contributed by atoms with Crippen molar-refractivity contribution < 1.29 is 9.53 Å². The number of rotatable bonds is 6. The summed E-state index contributed by atoms with van der Waals surface area (Å²) in [5.74, 6) is 0.846. The maximum Gasteiger partial charge on any atom is 0.315 e. The van der Waals surface area contributed by atoms with Crippen LogP contribution in [0.4, 0.5) is 4.79 Å². The Balaban J connectivity index is 2.36. The zero-order valence-corrected chi connectivity index (χ0v) is 14.7. The number of methoxy groups -OCH3 is 1. The molecule has 0 aliphatic rings. The Labute approximate surface area is 134 Å². The van der Waals surface area contributed by atoms with Crippen LogP contribution >= 0.6 is 0 Å². The van der Waals surface area contributed by atoms with Crippen LogP contribution in [0.3, 0.4) is 0 Å². The molecule has 4 heteroatoms. The van der Waals surface area contributed by atoms with Gasteiger partial charge in [0.05, 0.1) is 7.11 Å². The van der Waals surface area contributed by atoms with Crippen molar-refractivity contribution in [3.8, 4) is 5.75 Å². The van der Waals surface area contributed by atoms with Crippen molar-refractivity contribution in [2.75, 3.05) is 13.7 Å². The van der Waals surface area contributed by atoms with Crippen LogP contribution in [0.2, 0.25) is 0 Å². The van der Waals surface area contributed by atoms with E-state index in [1.54, 1.807) is 7.11 Å². The van der Waals surface area contributed by atoms with Crippen LogP contribution in [-0.2, 0) is 6.42 Å². The second-order valence-corrected chi connectivity index (χ2v) is 7.60. The summed E-state index contributed by atoms with van der Waals surface area (Å²) in [5.41, 5.74) is 1.14. The predicted molar refractivity (Wildman–Crippen MR) is 91.4 cm³/mol. The second kappa shape index (κ2) is 7.52. The molecule has 0 aliphatic carbocycles. The molecule has 1 rings (SSSR count). The fraction of sp³-hybridized carbons (Fsp3) is 0.611. The SMILES string of the molecule is COc1ccc(CCNC(=O)NC(C)(C)CC(C)(C)C)cc1. The van der Waals surface area contributed by atoms with Gasteiger partial charge in [-0.2, -0.15) is 0 Å². The lowest BCUT2D eigenvalue weighted by Crippen LogP contribution is -2.50. The average Bonchev–Trinajstić information content (AvgIpc) is 2.35. The van der Waals surface area contributed by atoms with Gasteiger partial charge >= 0.3 is 6.03 Å². The minimum atomic E-state index is -0.220. The summed E-state index contributed by atoms with van der Waals surface area (Å²) < 4.78 is 5.13. The highest BCUT2D eigenvalue weighted by Gasteiger charge is 2.26. The van der Waals surface area contributed by atoms with E-state index in [2.05, 4.69) is 45.3 Å². The fourth-order valence-electron chi connectivity index (χ4n) is 2.83. The number of benzene rings is 1. The number of urea groups is 1. The molecule has 0 aliphatic heterocycles. The third-order valence-corrected chi connectivity index (χ3v) is 3.28. The number of nitrogens with one attached hydrogen (secondary N) is 2. The van der Waals surface area contributed by atoms with Gasteiger partial charge in [-0.05, 0) is 49.8 Å². The highest BCUT2D eigenvalue weighted by molar-refractivity contribution is 5.74. The molecule has 0 fully saturated rings. The summed E-state index contributed by atoms with van der Waals surface area (Å²) in [6.07, 6.45) is 1.73. The van der Waals surface area contributed by atoms with Crippen LogP contribution in [0.25, 0.3) is 0 Å². The Morgan fingerprint density at radius 3 is 2.18 bits per heavy atom. The summed E-state index contributed by atoms with van der Waals surface area (Å²) in [4.78, 5) is 12.0. The minimum absolute atomic E-state index is 0.109. The monoisotopic (exact) mass is 306 g/mol. The maximum atomic E-state index is 12.0. The molecule has 0 unspecified atom stereocenters. The topological polar surface area (TPSA) is 50.4 Å². The van der Waals surface area contributed by atoms with E-state index in [1.807, 2.05) is 24.3 Å². The van der Waals surface area contributed by atoms with Crippen LogP contribution in [-0.4, -0.2) is 25.2 Å². The Morgan fingerprint density at radius 2 is 1.68 bits per heavy atom. The predicted octanol–water partition coefficient (Wildman–Crippen LogP) is 3.75. The van der Waals surface area contributed by atoms with E-state index in [0.29, 0.717) is 6.54 Å². The Hall–Kier alpha value is -1.71. The lowest BCUT2D eigenvalue weighted by atomic mass is 9.82. The molecule has 0 aromatic heterocycles. The Morgan fingerprint density at radius 1 is 1.09 bits per heavy atom. The molecule has 4 nitrogen and oxygen atoms in total. The third-order valence-electron chi connectivity index (χ3n) is 3.28. The highest BCUT2D eigenvalue weighted by Crippen LogP contribution is 2.26. The molecule has 1 aromatic carbocycles. The largest absolute Gasteiger partial charge is 0.497 e. The molecule has 0 atom stereocenters. The molecule has 2 amide bonds. The first-order valence-electron chi connectivity index (χ1n) is 7.80. The molecule has 2 N–H and O–H groups in total. The van der Waals surface area contributed by atoms with Crippen molar-refractivity contribution in [3.63, 3.8) is 0 Å². The van der Waals surface area contributed by atoms with E-state index in [0.717, 1.165) is 18.6 Å². The van der Waals surface area contributed by atoms with E-state index >= 15 is 0 Å². The molecule has 0 bridgehead atoms. The quantitative estimate of drug-likeness (QED) is 0.841. The van der Waals surface area contributed by atoms with Gasteiger partial charge in [-0.3, -0.25) is 0 Å². The summed E-state index contributed by atoms with van der Waals surface area (Å²) in [7, 11) is 1.65. The smallest absolute Gasteiger partial charge is 0.315 e. The van der Waals surface area contributed by atoms with Gasteiger partial charge in [-0.15, -0.1) is 0 Å². The molecule has 0 saturated carbocycles. The number of ether oxygens (including phenoxy) is 1. The van der Waals surface area contributed by atoms with Crippen molar-refractivity contribution >= 4 is 6.03 Å². The summed E-state index contributed by atoms with van der Waals surface area (Å²) in [5, 5.41) is 5.97. The summed E-state index contributed by atoms with van der Waals surface area (Å²) >= 11 is 0. The normalized spacial score (nSPS) is 11.9. The van der Waals surface area contributed by atoms with Gasteiger partial charge in [0, 0.05) is 12.1 Å². The van der Waals surface area contributed by atoms with Gasteiger partial charge in [0.2, 0.25) is 0 Å². The first-order valence-corrected chi connectivity index (χ1v) is 7.80. The number of carbonyl (C=O) groups excluding carboxylic acids is 1. The summed E-state index contributed by atoms with van der Waals surface area (Å²) in [6.45, 7) is 11.3. The zero-order chi connectivity index (χ0) is 16.8. The molecule has 22 heavy (non-hydrogen) atoms. The minimum Gasteiger partial charge on any atom is -0.497 e. The molecule has 0 spiro atoms. The van der Waals surface area contributed by atoms with Crippen molar-refractivity contribution in [1.82, 2.24) is 10.6 Å². The van der Waals surface area contributed by atoms with Crippen LogP contribution in [0.15, 0.2) is 24.3 Å². The van der Waals surface area contributed by atoms with Gasteiger partial charge < -0.3 is 15.4 Å².